The molecule has 4 heteroatoms. The third-order valence-electron chi connectivity index (χ3n) is 2.25. The van der Waals surface area contributed by atoms with Crippen molar-refractivity contribution in [3.63, 3.8) is 0 Å². The molecule has 0 aliphatic heterocycles. The lowest BCUT2D eigenvalue weighted by Gasteiger charge is -2.01. The van der Waals surface area contributed by atoms with E-state index in [-0.39, 0.29) is 12.2 Å². The molecule has 1 aromatic carbocycles. The number of aliphatic hydroxyl groups is 1. The van der Waals surface area contributed by atoms with Crippen molar-refractivity contribution in [1.82, 2.24) is 4.98 Å². The van der Waals surface area contributed by atoms with Crippen molar-refractivity contribution >= 4 is 17.2 Å². The Morgan fingerprint density at radius 2 is 2.13 bits per heavy atom. The molecule has 0 fully saturated rings. The molecule has 2 aromatic rings. The first kappa shape index (κ1) is 9.61. The topological polar surface area (TPSA) is 70.2 Å². The van der Waals surface area contributed by atoms with E-state index in [2.05, 4.69) is 4.98 Å². The van der Waals surface area contributed by atoms with Gasteiger partial charge in [-0.15, -0.1) is 0 Å². The van der Waals surface area contributed by atoms with Gasteiger partial charge in [0.2, 0.25) is 0 Å². The minimum atomic E-state index is -0.394. The molecule has 0 bridgehead atoms. The maximum Gasteiger partial charge on any atom is 0.259 e. The molecule has 0 radical (unpaired) electrons. The molecule has 0 aliphatic rings. The summed E-state index contributed by atoms with van der Waals surface area (Å²) in [6.07, 6.45) is 0.518. The molecule has 0 saturated carbocycles. The number of H-pyrrole nitrogens is 1. The fraction of sp³-hybridized carbons (Fsp3) is 0.0909. The van der Waals surface area contributed by atoms with Gasteiger partial charge < -0.3 is 10.1 Å². The highest BCUT2D eigenvalue weighted by Crippen LogP contribution is 2.13. The van der Waals surface area contributed by atoms with Crippen LogP contribution in [0.25, 0.3) is 10.9 Å². The number of benzene rings is 1. The van der Waals surface area contributed by atoms with Gasteiger partial charge in [0, 0.05) is 5.52 Å². The summed E-state index contributed by atoms with van der Waals surface area (Å²) in [5.74, 6) is 0. The lowest BCUT2D eigenvalue weighted by atomic mass is 10.1. The minimum Gasteiger partial charge on any atom is -0.392 e. The van der Waals surface area contributed by atoms with Gasteiger partial charge in [0.15, 0.2) is 6.29 Å². The predicted octanol–water partition coefficient (Wildman–Crippen LogP) is 0.833. The van der Waals surface area contributed by atoms with Gasteiger partial charge in [-0.25, -0.2) is 0 Å². The molecule has 2 N–H and O–H groups in total. The summed E-state index contributed by atoms with van der Waals surface area (Å²) in [6, 6.07) is 6.67. The fourth-order valence-electron chi connectivity index (χ4n) is 1.46. The summed E-state index contributed by atoms with van der Waals surface area (Å²) in [4.78, 5) is 24.4. The number of aldehydes is 1. The third-order valence-corrected chi connectivity index (χ3v) is 2.25. The van der Waals surface area contributed by atoms with Crippen LogP contribution in [0.3, 0.4) is 0 Å². The maximum absolute atomic E-state index is 11.3. The van der Waals surface area contributed by atoms with E-state index < -0.39 is 5.56 Å². The van der Waals surface area contributed by atoms with Gasteiger partial charge in [-0.3, -0.25) is 9.59 Å². The molecule has 76 valence electrons. The average molecular weight is 203 g/mol. The monoisotopic (exact) mass is 203 g/mol. The largest absolute Gasteiger partial charge is 0.392 e. The number of rotatable bonds is 2. The van der Waals surface area contributed by atoms with Crippen LogP contribution >= 0.6 is 0 Å². The van der Waals surface area contributed by atoms with E-state index >= 15 is 0 Å². The normalized spacial score (nSPS) is 10.5. The Hall–Kier alpha value is -1.94. The van der Waals surface area contributed by atoms with E-state index in [9.17, 15) is 9.59 Å². The number of nitrogens with one attached hydrogen (secondary N) is 1. The summed E-state index contributed by atoms with van der Waals surface area (Å²) < 4.78 is 0. The van der Waals surface area contributed by atoms with Crippen LogP contribution in [0, 0.1) is 0 Å². The van der Waals surface area contributed by atoms with E-state index in [1.54, 1.807) is 18.2 Å². The molecule has 0 spiro atoms. The third kappa shape index (κ3) is 1.67. The zero-order valence-electron chi connectivity index (χ0n) is 7.86. The Kier molecular flexibility index (Phi) is 2.35. The summed E-state index contributed by atoms with van der Waals surface area (Å²) in [6.45, 7) is -0.0640. The van der Waals surface area contributed by atoms with E-state index in [0.29, 0.717) is 11.8 Å². The highest BCUT2D eigenvalue weighted by atomic mass is 16.3. The van der Waals surface area contributed by atoms with Crippen LogP contribution in [0.4, 0.5) is 0 Å². The smallest absolute Gasteiger partial charge is 0.259 e. The SMILES string of the molecule is O=Cc1cc2cc(CO)ccc2[nH]c1=O. The Morgan fingerprint density at radius 3 is 2.80 bits per heavy atom. The maximum atomic E-state index is 11.3. The quantitative estimate of drug-likeness (QED) is 0.710. The number of pyridine rings is 1. The molecule has 0 amide bonds. The minimum absolute atomic E-state index is 0.0640. The van der Waals surface area contributed by atoms with Crippen molar-refractivity contribution in [3.8, 4) is 0 Å². The van der Waals surface area contributed by atoms with Crippen LogP contribution in [0.15, 0.2) is 29.1 Å². The van der Waals surface area contributed by atoms with E-state index in [1.807, 2.05) is 0 Å². The molecule has 1 heterocycles. The molecule has 0 aliphatic carbocycles. The Labute approximate surface area is 85.2 Å². The molecule has 0 saturated heterocycles. The number of fused-ring (bicyclic) bond motifs is 1. The zero-order valence-corrected chi connectivity index (χ0v) is 7.86. The van der Waals surface area contributed by atoms with Crippen molar-refractivity contribution < 1.29 is 9.90 Å². The summed E-state index contributed by atoms with van der Waals surface area (Å²) >= 11 is 0. The van der Waals surface area contributed by atoms with Gasteiger partial charge >= 0.3 is 0 Å². The average Bonchev–Trinajstić information content (AvgIpc) is 2.27. The number of aromatic amines is 1. The highest BCUT2D eigenvalue weighted by Gasteiger charge is 2.02. The van der Waals surface area contributed by atoms with Crippen molar-refractivity contribution in [1.29, 1.82) is 0 Å². The first-order valence-corrected chi connectivity index (χ1v) is 4.46. The van der Waals surface area contributed by atoms with E-state index in [4.69, 9.17) is 5.11 Å². The summed E-state index contributed by atoms with van der Waals surface area (Å²) in [5.41, 5.74) is 1.10. The first-order valence-electron chi connectivity index (χ1n) is 4.46. The number of aromatic nitrogens is 1. The predicted molar refractivity (Wildman–Crippen MR) is 55.9 cm³/mol. The second-order valence-corrected chi connectivity index (χ2v) is 3.25. The summed E-state index contributed by atoms with van der Waals surface area (Å²) in [5, 5.41) is 9.68. The molecule has 15 heavy (non-hydrogen) atoms. The van der Waals surface area contributed by atoms with Crippen LogP contribution in [0.2, 0.25) is 0 Å². The molecular formula is C11H9NO3. The molecule has 1 aromatic heterocycles. The van der Waals surface area contributed by atoms with Gasteiger partial charge in [-0.1, -0.05) is 6.07 Å². The number of carbonyl (C=O) groups is 1. The van der Waals surface area contributed by atoms with Gasteiger partial charge in [0.1, 0.15) is 0 Å². The van der Waals surface area contributed by atoms with E-state index in [0.717, 1.165) is 10.9 Å². The van der Waals surface area contributed by atoms with Crippen LogP contribution in [-0.2, 0) is 6.61 Å². The van der Waals surface area contributed by atoms with Crippen molar-refractivity contribution in [2.45, 2.75) is 6.61 Å². The lowest BCUT2D eigenvalue weighted by molar-refractivity contribution is 0.112. The van der Waals surface area contributed by atoms with Crippen LogP contribution < -0.4 is 5.56 Å². The van der Waals surface area contributed by atoms with Gasteiger partial charge in [0.05, 0.1) is 12.2 Å². The second-order valence-electron chi connectivity index (χ2n) is 3.25. The van der Waals surface area contributed by atoms with Crippen molar-refractivity contribution in [2.75, 3.05) is 0 Å². The Morgan fingerprint density at radius 1 is 1.33 bits per heavy atom. The van der Waals surface area contributed by atoms with Gasteiger partial charge in [0.25, 0.3) is 5.56 Å². The van der Waals surface area contributed by atoms with Gasteiger partial charge in [-0.05, 0) is 29.1 Å². The fourth-order valence-corrected chi connectivity index (χ4v) is 1.46. The molecular weight excluding hydrogens is 194 g/mol. The number of hydrogen-bond acceptors (Lipinski definition) is 3. The molecule has 0 unspecified atom stereocenters. The number of carbonyl (C=O) groups excluding carboxylic acids is 1. The number of hydrogen-bond donors (Lipinski definition) is 2. The first-order chi connectivity index (χ1) is 7.24. The van der Waals surface area contributed by atoms with Crippen LogP contribution in [-0.4, -0.2) is 16.4 Å². The van der Waals surface area contributed by atoms with Crippen LogP contribution in [0.5, 0.6) is 0 Å². The summed E-state index contributed by atoms with van der Waals surface area (Å²) in [7, 11) is 0. The standard InChI is InChI=1S/C11H9NO3/c13-5-7-1-2-10-8(3-7)4-9(6-14)11(15)12-10/h1-4,6,13H,5H2,(H,12,15). The Bertz CT molecular complexity index is 572. The van der Waals surface area contributed by atoms with Crippen molar-refractivity contribution in [2.24, 2.45) is 0 Å². The molecule has 0 atom stereocenters. The molecule has 4 nitrogen and oxygen atoms in total. The number of aliphatic hydroxyl groups excluding tert-OH is 1. The van der Waals surface area contributed by atoms with Gasteiger partial charge in [-0.2, -0.15) is 0 Å². The highest BCUT2D eigenvalue weighted by molar-refractivity contribution is 5.85. The van der Waals surface area contributed by atoms with Crippen molar-refractivity contribution in [3.05, 3.63) is 45.7 Å². The Balaban J connectivity index is 2.76. The molecule has 2 rings (SSSR count). The lowest BCUT2D eigenvalue weighted by Crippen LogP contribution is -2.11. The van der Waals surface area contributed by atoms with E-state index in [1.165, 1.54) is 6.07 Å². The second kappa shape index (κ2) is 3.67. The zero-order chi connectivity index (χ0) is 10.8. The van der Waals surface area contributed by atoms with Crippen LogP contribution in [0.1, 0.15) is 15.9 Å².